The normalized spacial score (nSPS) is 20.7. The van der Waals surface area contributed by atoms with Crippen LogP contribution in [0.25, 0.3) is 0 Å². The van der Waals surface area contributed by atoms with Gasteiger partial charge < -0.3 is 15.0 Å². The van der Waals surface area contributed by atoms with E-state index in [1.54, 1.807) is 0 Å². The number of para-hydroxylation sites is 1. The fraction of sp³-hybridized carbons (Fsp3) is 0.348. The Hall–Kier alpha value is -3.15. The number of ether oxygens (including phenoxy) is 1. The number of rotatable bonds is 4. The lowest BCUT2D eigenvalue weighted by Gasteiger charge is -2.33. The second kappa shape index (κ2) is 7.70. The molecule has 29 heavy (non-hydrogen) atoms. The summed E-state index contributed by atoms with van der Waals surface area (Å²) in [6.45, 7) is 5.24. The molecule has 2 atom stereocenters. The van der Waals surface area contributed by atoms with E-state index in [0.717, 1.165) is 35.3 Å². The molecule has 0 saturated carbocycles. The summed E-state index contributed by atoms with van der Waals surface area (Å²) < 4.78 is 5.12. The van der Waals surface area contributed by atoms with Crippen molar-refractivity contribution in [1.82, 2.24) is 5.32 Å². The van der Waals surface area contributed by atoms with Crippen molar-refractivity contribution in [3.63, 3.8) is 0 Å². The van der Waals surface area contributed by atoms with Gasteiger partial charge in [0.1, 0.15) is 5.92 Å². The van der Waals surface area contributed by atoms with E-state index in [9.17, 15) is 9.59 Å². The number of fused-ring (bicyclic) bond motifs is 1. The minimum Gasteiger partial charge on any atom is -0.468 e. The molecule has 4 rings (SSSR count). The van der Waals surface area contributed by atoms with E-state index in [4.69, 9.17) is 4.74 Å². The molecule has 2 aromatic rings. The Morgan fingerprint density at radius 1 is 1.24 bits per heavy atom. The summed E-state index contributed by atoms with van der Waals surface area (Å²) in [6, 6.07) is 13.3. The third kappa shape index (κ3) is 3.62. The number of aryl methyl sites for hydroxylation is 2. The van der Waals surface area contributed by atoms with E-state index in [1.807, 2.05) is 44.2 Å². The number of nitrogens with zero attached hydrogens (tertiary/aromatic N) is 2. The van der Waals surface area contributed by atoms with Gasteiger partial charge in [-0.25, -0.2) is 9.79 Å². The van der Waals surface area contributed by atoms with Crippen molar-refractivity contribution >= 4 is 23.4 Å². The standard InChI is InChI=1S/C23H25N3O3/c1-14-8-9-15(2)17(12-14)21-20(22(27)29-3)18(24-23(28)25-21)13-26-11-10-16-6-4-5-7-19(16)26/h4-9,12,20-21H,10-11,13H2,1-3H3,(H,25,28). The van der Waals surface area contributed by atoms with Crippen LogP contribution < -0.4 is 10.2 Å². The maximum absolute atomic E-state index is 12.8. The highest BCUT2D eigenvalue weighted by Crippen LogP contribution is 2.33. The van der Waals surface area contributed by atoms with Gasteiger partial charge in [-0.05, 0) is 43.0 Å². The van der Waals surface area contributed by atoms with E-state index >= 15 is 0 Å². The number of esters is 1. The predicted molar refractivity (Wildman–Crippen MR) is 112 cm³/mol. The van der Waals surface area contributed by atoms with Gasteiger partial charge in [0.15, 0.2) is 0 Å². The molecule has 2 aliphatic rings. The van der Waals surface area contributed by atoms with Gasteiger partial charge in [0.25, 0.3) is 0 Å². The highest BCUT2D eigenvalue weighted by atomic mass is 16.5. The molecule has 0 fully saturated rings. The Morgan fingerprint density at radius 2 is 2.03 bits per heavy atom. The summed E-state index contributed by atoms with van der Waals surface area (Å²) in [5, 5.41) is 2.89. The molecule has 2 aliphatic heterocycles. The summed E-state index contributed by atoms with van der Waals surface area (Å²) in [5.74, 6) is -1.05. The van der Waals surface area contributed by atoms with Crippen LogP contribution in [0.2, 0.25) is 0 Å². The molecule has 0 aromatic heterocycles. The second-order valence-electron chi connectivity index (χ2n) is 7.69. The Bertz CT molecular complexity index is 999. The third-order valence-corrected chi connectivity index (χ3v) is 5.78. The molecule has 0 saturated heterocycles. The number of amides is 2. The first-order chi connectivity index (χ1) is 14.0. The average Bonchev–Trinajstić information content (AvgIpc) is 3.12. The first-order valence-corrected chi connectivity index (χ1v) is 9.83. The molecule has 6 heteroatoms. The molecule has 150 valence electrons. The number of urea groups is 1. The maximum atomic E-state index is 12.8. The molecule has 0 spiro atoms. The van der Waals surface area contributed by atoms with Crippen LogP contribution in [0, 0.1) is 19.8 Å². The number of anilines is 1. The van der Waals surface area contributed by atoms with Crippen molar-refractivity contribution in [2.24, 2.45) is 10.9 Å². The molecular weight excluding hydrogens is 366 g/mol. The average molecular weight is 391 g/mol. The minimum atomic E-state index is -0.661. The van der Waals surface area contributed by atoms with Crippen LogP contribution in [0.4, 0.5) is 10.5 Å². The van der Waals surface area contributed by atoms with Crippen molar-refractivity contribution in [3.05, 3.63) is 64.7 Å². The first-order valence-electron chi connectivity index (χ1n) is 9.83. The van der Waals surface area contributed by atoms with E-state index in [2.05, 4.69) is 27.3 Å². The number of carbonyl (C=O) groups excluding carboxylic acids is 2. The molecule has 1 N–H and O–H groups in total. The zero-order chi connectivity index (χ0) is 20.5. The summed E-state index contributed by atoms with van der Waals surface area (Å²) in [6.07, 6.45) is 0.943. The molecule has 0 aliphatic carbocycles. The van der Waals surface area contributed by atoms with Crippen LogP contribution in [0.15, 0.2) is 47.5 Å². The Kier molecular flexibility index (Phi) is 5.09. The van der Waals surface area contributed by atoms with Gasteiger partial charge in [0.05, 0.1) is 25.4 Å². The second-order valence-corrected chi connectivity index (χ2v) is 7.69. The lowest BCUT2D eigenvalue weighted by atomic mass is 9.85. The molecule has 6 nitrogen and oxygen atoms in total. The van der Waals surface area contributed by atoms with Crippen LogP contribution >= 0.6 is 0 Å². The molecule has 2 heterocycles. The van der Waals surface area contributed by atoms with Crippen molar-refractivity contribution < 1.29 is 14.3 Å². The van der Waals surface area contributed by atoms with Gasteiger partial charge in [0.2, 0.25) is 0 Å². The topological polar surface area (TPSA) is 71.0 Å². The Morgan fingerprint density at radius 3 is 2.83 bits per heavy atom. The Balaban J connectivity index is 1.71. The van der Waals surface area contributed by atoms with Crippen molar-refractivity contribution in [2.45, 2.75) is 26.3 Å². The van der Waals surface area contributed by atoms with Gasteiger partial charge in [-0.15, -0.1) is 0 Å². The third-order valence-electron chi connectivity index (χ3n) is 5.78. The minimum absolute atomic E-state index is 0.387. The zero-order valence-corrected chi connectivity index (χ0v) is 16.9. The maximum Gasteiger partial charge on any atom is 0.341 e. The highest BCUT2D eigenvalue weighted by Gasteiger charge is 2.41. The van der Waals surface area contributed by atoms with Crippen molar-refractivity contribution in [3.8, 4) is 0 Å². The summed E-state index contributed by atoms with van der Waals surface area (Å²) in [5.41, 5.74) is 5.96. The van der Waals surface area contributed by atoms with Gasteiger partial charge >= 0.3 is 12.0 Å². The zero-order valence-electron chi connectivity index (χ0n) is 16.9. The summed E-state index contributed by atoms with van der Waals surface area (Å²) in [4.78, 5) is 31.7. The van der Waals surface area contributed by atoms with Crippen molar-refractivity contribution in [1.29, 1.82) is 0 Å². The van der Waals surface area contributed by atoms with Gasteiger partial charge in [-0.2, -0.15) is 0 Å². The number of hydrogen-bond donors (Lipinski definition) is 1. The van der Waals surface area contributed by atoms with E-state index in [-0.39, 0.29) is 5.97 Å². The lowest BCUT2D eigenvalue weighted by Crippen LogP contribution is -2.48. The monoisotopic (exact) mass is 391 g/mol. The van der Waals surface area contributed by atoms with E-state index in [1.165, 1.54) is 12.7 Å². The molecule has 0 bridgehead atoms. The smallest absolute Gasteiger partial charge is 0.341 e. The number of hydrogen-bond acceptors (Lipinski definition) is 4. The fourth-order valence-corrected chi connectivity index (χ4v) is 4.29. The van der Waals surface area contributed by atoms with Crippen LogP contribution in [-0.2, 0) is 16.0 Å². The van der Waals surface area contributed by atoms with Crippen LogP contribution in [0.1, 0.15) is 28.3 Å². The fourth-order valence-electron chi connectivity index (χ4n) is 4.29. The molecule has 2 amide bonds. The summed E-state index contributed by atoms with van der Waals surface area (Å²) in [7, 11) is 1.38. The van der Waals surface area contributed by atoms with Gasteiger partial charge in [-0.3, -0.25) is 4.79 Å². The SMILES string of the molecule is COC(=O)C1C(CN2CCc3ccccc32)=NC(=O)NC1c1cc(C)ccc1C. The number of carbonyl (C=O) groups is 2. The Labute approximate surface area is 170 Å². The largest absolute Gasteiger partial charge is 0.468 e. The van der Waals surface area contributed by atoms with Crippen LogP contribution in [0.3, 0.4) is 0 Å². The van der Waals surface area contributed by atoms with Gasteiger partial charge in [0, 0.05) is 12.2 Å². The van der Waals surface area contributed by atoms with E-state index < -0.39 is 18.0 Å². The van der Waals surface area contributed by atoms with Crippen LogP contribution in [0.5, 0.6) is 0 Å². The van der Waals surface area contributed by atoms with Crippen molar-refractivity contribution in [2.75, 3.05) is 25.1 Å². The number of methoxy groups -OCH3 is 1. The quantitative estimate of drug-likeness (QED) is 0.812. The lowest BCUT2D eigenvalue weighted by molar-refractivity contribution is -0.143. The molecular formula is C23H25N3O3. The molecule has 2 aromatic carbocycles. The summed E-state index contributed by atoms with van der Waals surface area (Å²) >= 11 is 0. The number of benzene rings is 2. The highest BCUT2D eigenvalue weighted by molar-refractivity contribution is 6.11. The number of nitrogens with one attached hydrogen (secondary N) is 1. The predicted octanol–water partition coefficient (Wildman–Crippen LogP) is 3.36. The molecule has 0 radical (unpaired) electrons. The number of aliphatic imine (C=N–C) groups is 1. The van der Waals surface area contributed by atoms with E-state index in [0.29, 0.717) is 12.3 Å². The first kappa shape index (κ1) is 19.2. The van der Waals surface area contributed by atoms with Crippen LogP contribution in [-0.4, -0.2) is 37.9 Å². The molecule has 2 unspecified atom stereocenters. The van der Waals surface area contributed by atoms with Gasteiger partial charge in [-0.1, -0.05) is 42.0 Å².